The minimum Gasteiger partial charge on any atom is -0.308 e. The van der Waals surface area contributed by atoms with Crippen molar-refractivity contribution in [1.82, 2.24) is 5.32 Å². The highest BCUT2D eigenvalue weighted by Gasteiger charge is 2.33. The van der Waals surface area contributed by atoms with Gasteiger partial charge in [-0.1, -0.05) is 37.8 Å². The molecule has 1 aliphatic heterocycles. The average Bonchev–Trinajstić information content (AvgIpc) is 2.57. The van der Waals surface area contributed by atoms with Gasteiger partial charge in [0.05, 0.1) is 0 Å². The van der Waals surface area contributed by atoms with E-state index >= 15 is 0 Å². The molecule has 0 aromatic carbocycles. The summed E-state index contributed by atoms with van der Waals surface area (Å²) in [4.78, 5) is 0. The molecule has 0 bridgehead atoms. The minimum atomic E-state index is 0.395. The van der Waals surface area contributed by atoms with Crippen LogP contribution in [0.15, 0.2) is 11.6 Å². The van der Waals surface area contributed by atoms with E-state index < -0.39 is 0 Å². The fourth-order valence-electron chi connectivity index (χ4n) is 3.49. The van der Waals surface area contributed by atoms with Gasteiger partial charge in [0.2, 0.25) is 0 Å². The molecule has 1 heterocycles. The standard InChI is InChI=1S/C15H27N/c1-2-11-15(12-7-4-8-13-16-15)14-9-5-3-6-10-14/h9,16H,2-8,10-13H2,1H3. The van der Waals surface area contributed by atoms with E-state index in [0.717, 1.165) is 0 Å². The van der Waals surface area contributed by atoms with Crippen LogP contribution in [0, 0.1) is 0 Å². The predicted molar refractivity (Wildman–Crippen MR) is 70.7 cm³/mol. The predicted octanol–water partition coefficient (Wildman–Crippen LogP) is 4.19. The molecule has 2 rings (SSSR count). The van der Waals surface area contributed by atoms with E-state index in [0.29, 0.717) is 5.54 Å². The Morgan fingerprint density at radius 1 is 1.19 bits per heavy atom. The Morgan fingerprint density at radius 2 is 2.12 bits per heavy atom. The lowest BCUT2D eigenvalue weighted by molar-refractivity contribution is 0.328. The number of rotatable bonds is 3. The van der Waals surface area contributed by atoms with Crippen molar-refractivity contribution in [2.24, 2.45) is 0 Å². The Labute approximate surface area is 101 Å². The molecule has 1 saturated heterocycles. The second kappa shape index (κ2) is 5.86. The number of hydrogen-bond donors (Lipinski definition) is 1. The maximum absolute atomic E-state index is 3.90. The fraction of sp³-hybridized carbons (Fsp3) is 0.867. The quantitative estimate of drug-likeness (QED) is 0.705. The Hall–Kier alpha value is -0.300. The third-order valence-electron chi connectivity index (χ3n) is 4.33. The van der Waals surface area contributed by atoms with Crippen molar-refractivity contribution >= 4 is 0 Å². The van der Waals surface area contributed by atoms with Crippen LogP contribution >= 0.6 is 0 Å². The zero-order valence-corrected chi connectivity index (χ0v) is 10.9. The third kappa shape index (κ3) is 2.68. The first-order valence-electron chi connectivity index (χ1n) is 7.32. The van der Waals surface area contributed by atoms with Gasteiger partial charge in [0.15, 0.2) is 0 Å². The summed E-state index contributed by atoms with van der Waals surface area (Å²) in [6, 6.07) is 0. The molecule has 1 fully saturated rings. The molecule has 1 aliphatic carbocycles. The van der Waals surface area contributed by atoms with E-state index in [1.807, 2.05) is 0 Å². The lowest BCUT2D eigenvalue weighted by atomic mass is 9.77. The van der Waals surface area contributed by atoms with Crippen LogP contribution in [0.5, 0.6) is 0 Å². The van der Waals surface area contributed by atoms with Crippen molar-refractivity contribution in [2.75, 3.05) is 6.54 Å². The molecule has 0 aromatic rings. The van der Waals surface area contributed by atoms with Crippen LogP contribution in [0.25, 0.3) is 0 Å². The lowest BCUT2D eigenvalue weighted by Gasteiger charge is -2.38. The molecular weight excluding hydrogens is 194 g/mol. The monoisotopic (exact) mass is 221 g/mol. The Morgan fingerprint density at radius 3 is 2.88 bits per heavy atom. The summed E-state index contributed by atoms with van der Waals surface area (Å²) in [5, 5.41) is 3.90. The molecule has 2 aliphatic rings. The SMILES string of the molecule is CCCC1(C2=CCCCC2)CCCCCN1. The summed E-state index contributed by atoms with van der Waals surface area (Å²) in [6.07, 6.45) is 16.3. The Balaban J connectivity index is 2.14. The second-order valence-corrected chi connectivity index (χ2v) is 5.54. The molecule has 16 heavy (non-hydrogen) atoms. The summed E-state index contributed by atoms with van der Waals surface area (Å²) >= 11 is 0. The summed E-state index contributed by atoms with van der Waals surface area (Å²) in [7, 11) is 0. The normalized spacial score (nSPS) is 31.9. The number of nitrogens with one attached hydrogen (secondary N) is 1. The van der Waals surface area contributed by atoms with Gasteiger partial charge in [-0.2, -0.15) is 0 Å². The van der Waals surface area contributed by atoms with Crippen molar-refractivity contribution in [3.05, 3.63) is 11.6 Å². The van der Waals surface area contributed by atoms with E-state index in [1.54, 1.807) is 5.57 Å². The fourth-order valence-corrected chi connectivity index (χ4v) is 3.49. The average molecular weight is 221 g/mol. The molecule has 0 amide bonds. The summed E-state index contributed by atoms with van der Waals surface area (Å²) < 4.78 is 0. The highest BCUT2D eigenvalue weighted by atomic mass is 15.0. The van der Waals surface area contributed by atoms with Gasteiger partial charge >= 0.3 is 0 Å². The van der Waals surface area contributed by atoms with Crippen molar-refractivity contribution in [1.29, 1.82) is 0 Å². The van der Waals surface area contributed by atoms with Crippen LogP contribution < -0.4 is 5.32 Å². The maximum Gasteiger partial charge on any atom is 0.0393 e. The van der Waals surface area contributed by atoms with Gasteiger partial charge in [-0.25, -0.2) is 0 Å². The van der Waals surface area contributed by atoms with Gasteiger partial charge in [0.1, 0.15) is 0 Å². The Bertz CT molecular complexity index is 234. The molecule has 92 valence electrons. The third-order valence-corrected chi connectivity index (χ3v) is 4.33. The smallest absolute Gasteiger partial charge is 0.0393 e. The highest BCUT2D eigenvalue weighted by Crippen LogP contribution is 2.36. The molecule has 1 unspecified atom stereocenters. The summed E-state index contributed by atoms with van der Waals surface area (Å²) in [5.41, 5.74) is 2.15. The number of hydrogen-bond acceptors (Lipinski definition) is 1. The molecule has 1 atom stereocenters. The minimum absolute atomic E-state index is 0.395. The molecular formula is C15H27N. The summed E-state index contributed by atoms with van der Waals surface area (Å²) in [6.45, 7) is 3.56. The Kier molecular flexibility index (Phi) is 4.45. The second-order valence-electron chi connectivity index (χ2n) is 5.54. The molecule has 0 radical (unpaired) electrons. The van der Waals surface area contributed by atoms with Gasteiger partial charge in [-0.15, -0.1) is 0 Å². The van der Waals surface area contributed by atoms with E-state index in [1.165, 1.54) is 70.8 Å². The van der Waals surface area contributed by atoms with Crippen LogP contribution in [0.3, 0.4) is 0 Å². The van der Waals surface area contributed by atoms with Crippen molar-refractivity contribution in [3.8, 4) is 0 Å². The van der Waals surface area contributed by atoms with Gasteiger partial charge in [0.25, 0.3) is 0 Å². The van der Waals surface area contributed by atoms with Crippen molar-refractivity contribution < 1.29 is 0 Å². The first-order chi connectivity index (χ1) is 7.87. The van der Waals surface area contributed by atoms with Crippen LogP contribution in [-0.4, -0.2) is 12.1 Å². The topological polar surface area (TPSA) is 12.0 Å². The van der Waals surface area contributed by atoms with Gasteiger partial charge in [-0.3, -0.25) is 0 Å². The molecule has 0 aromatic heterocycles. The summed E-state index contributed by atoms with van der Waals surface area (Å²) in [5.74, 6) is 0. The van der Waals surface area contributed by atoms with Crippen molar-refractivity contribution in [3.63, 3.8) is 0 Å². The largest absolute Gasteiger partial charge is 0.308 e. The van der Waals surface area contributed by atoms with Gasteiger partial charge in [-0.05, 0) is 51.5 Å². The molecule has 1 nitrogen and oxygen atoms in total. The van der Waals surface area contributed by atoms with Crippen LogP contribution in [0.1, 0.15) is 71.1 Å². The van der Waals surface area contributed by atoms with Crippen LogP contribution in [-0.2, 0) is 0 Å². The first-order valence-corrected chi connectivity index (χ1v) is 7.32. The molecule has 0 saturated carbocycles. The van der Waals surface area contributed by atoms with E-state index in [4.69, 9.17) is 0 Å². The zero-order valence-electron chi connectivity index (χ0n) is 10.9. The maximum atomic E-state index is 3.90. The highest BCUT2D eigenvalue weighted by molar-refractivity contribution is 5.22. The number of allylic oxidation sites excluding steroid dienone is 1. The van der Waals surface area contributed by atoms with E-state index in [-0.39, 0.29) is 0 Å². The van der Waals surface area contributed by atoms with E-state index in [9.17, 15) is 0 Å². The molecule has 0 spiro atoms. The van der Waals surface area contributed by atoms with Crippen LogP contribution in [0.4, 0.5) is 0 Å². The van der Waals surface area contributed by atoms with Gasteiger partial charge < -0.3 is 5.32 Å². The first kappa shape index (κ1) is 12.2. The zero-order chi connectivity index (χ0) is 11.3. The van der Waals surface area contributed by atoms with E-state index in [2.05, 4.69) is 18.3 Å². The molecule has 1 N–H and O–H groups in total. The lowest BCUT2D eigenvalue weighted by Crippen LogP contribution is -2.46. The van der Waals surface area contributed by atoms with Gasteiger partial charge in [0, 0.05) is 5.54 Å². The molecule has 1 heteroatoms. The van der Waals surface area contributed by atoms with Crippen molar-refractivity contribution in [2.45, 2.75) is 76.7 Å². The van der Waals surface area contributed by atoms with Crippen LogP contribution in [0.2, 0.25) is 0 Å².